The van der Waals surface area contributed by atoms with Gasteiger partial charge in [0.15, 0.2) is 0 Å². The smallest absolute Gasteiger partial charge is 0.258 e. The Morgan fingerprint density at radius 2 is 1.65 bits per heavy atom. The first-order valence-electron chi connectivity index (χ1n) is 7.19. The number of amides is 2. The van der Waals surface area contributed by atoms with Crippen LogP contribution in [0.1, 0.15) is 21.5 Å². The first-order chi connectivity index (χ1) is 11.2. The van der Waals surface area contributed by atoms with Crippen molar-refractivity contribution in [3.05, 3.63) is 77.9 Å². The van der Waals surface area contributed by atoms with Gasteiger partial charge in [0, 0.05) is 11.1 Å². The van der Waals surface area contributed by atoms with E-state index in [1.165, 1.54) is 0 Å². The van der Waals surface area contributed by atoms with Crippen molar-refractivity contribution < 1.29 is 14.3 Å². The molecule has 3 rings (SSSR count). The average Bonchev–Trinajstić information content (AvgIpc) is 2.58. The zero-order chi connectivity index (χ0) is 16.2. The summed E-state index contributed by atoms with van der Waals surface area (Å²) in [6.45, 7) is 4.04. The van der Waals surface area contributed by atoms with E-state index in [4.69, 9.17) is 4.74 Å². The fourth-order valence-electron chi connectivity index (χ4n) is 2.40. The summed E-state index contributed by atoms with van der Waals surface area (Å²) < 4.78 is 5.43. The Balaban J connectivity index is 1.95. The van der Waals surface area contributed by atoms with Crippen LogP contribution >= 0.6 is 0 Å². The molecular weight excluding hydrogens is 290 g/mol. The van der Waals surface area contributed by atoms with Crippen molar-refractivity contribution >= 4 is 23.5 Å². The first-order valence-corrected chi connectivity index (χ1v) is 7.19. The van der Waals surface area contributed by atoms with Crippen LogP contribution in [-0.4, -0.2) is 18.4 Å². The summed E-state index contributed by atoms with van der Waals surface area (Å²) in [6, 6.07) is 14.4. The number of fused-ring (bicyclic) bond motifs is 1. The van der Waals surface area contributed by atoms with Crippen molar-refractivity contribution in [1.82, 2.24) is 5.32 Å². The van der Waals surface area contributed by atoms with Crippen LogP contribution in [0.25, 0.3) is 11.6 Å². The van der Waals surface area contributed by atoms with Crippen LogP contribution in [-0.2, 0) is 4.79 Å². The lowest BCUT2D eigenvalue weighted by Gasteiger charge is -2.18. The minimum Gasteiger partial charge on any atom is -0.490 e. The van der Waals surface area contributed by atoms with Crippen LogP contribution in [0.15, 0.2) is 61.2 Å². The van der Waals surface area contributed by atoms with Gasteiger partial charge in [0.1, 0.15) is 12.4 Å². The molecule has 0 aromatic heterocycles. The van der Waals surface area contributed by atoms with E-state index < -0.39 is 0 Å². The second-order valence-corrected chi connectivity index (χ2v) is 5.06. The quantitative estimate of drug-likeness (QED) is 0.536. The molecule has 4 nitrogen and oxygen atoms in total. The Morgan fingerprint density at radius 3 is 2.35 bits per heavy atom. The highest BCUT2D eigenvalue weighted by Crippen LogP contribution is 2.26. The number of carbonyl (C=O) groups is 2. The fraction of sp³-hybridized carbons (Fsp3) is 0.0526. The lowest BCUT2D eigenvalue weighted by atomic mass is 9.93. The van der Waals surface area contributed by atoms with Gasteiger partial charge in [-0.3, -0.25) is 14.9 Å². The summed E-state index contributed by atoms with van der Waals surface area (Å²) in [5.74, 6) is -0.0210. The topological polar surface area (TPSA) is 55.4 Å². The molecule has 0 bridgehead atoms. The van der Waals surface area contributed by atoms with E-state index in [1.54, 1.807) is 30.4 Å². The second-order valence-electron chi connectivity index (χ2n) is 5.06. The summed E-state index contributed by atoms with van der Waals surface area (Å²) in [5, 5.41) is 2.36. The Morgan fingerprint density at radius 1 is 0.957 bits per heavy atom. The third-order valence-electron chi connectivity index (χ3n) is 3.49. The van der Waals surface area contributed by atoms with Gasteiger partial charge in [-0.15, -0.1) is 0 Å². The number of rotatable bonds is 4. The maximum atomic E-state index is 12.1. The summed E-state index contributed by atoms with van der Waals surface area (Å²) in [4.78, 5) is 24.0. The minimum absolute atomic E-state index is 0.365. The Labute approximate surface area is 134 Å². The van der Waals surface area contributed by atoms with Crippen LogP contribution in [0.4, 0.5) is 0 Å². The Kier molecular flexibility index (Phi) is 4.06. The molecule has 2 aromatic rings. The number of ether oxygens (including phenoxy) is 1. The van der Waals surface area contributed by atoms with Gasteiger partial charge in [-0.2, -0.15) is 0 Å². The molecule has 0 spiro atoms. The Hall–Kier alpha value is -3.14. The molecule has 0 fully saturated rings. The molecule has 114 valence electrons. The molecule has 0 saturated carbocycles. The third-order valence-corrected chi connectivity index (χ3v) is 3.49. The number of carbonyl (C=O) groups excluding carboxylic acids is 2. The van der Waals surface area contributed by atoms with Gasteiger partial charge in [0.2, 0.25) is 0 Å². The highest BCUT2D eigenvalue weighted by atomic mass is 16.5. The molecule has 23 heavy (non-hydrogen) atoms. The fourth-order valence-corrected chi connectivity index (χ4v) is 2.40. The van der Waals surface area contributed by atoms with Crippen molar-refractivity contribution in [2.75, 3.05) is 6.61 Å². The van der Waals surface area contributed by atoms with Crippen molar-refractivity contribution in [2.45, 2.75) is 0 Å². The van der Waals surface area contributed by atoms with Gasteiger partial charge in [-0.05, 0) is 35.4 Å². The molecule has 1 aliphatic heterocycles. The predicted octanol–water partition coefficient (Wildman–Crippen LogP) is 3.06. The molecule has 2 amide bonds. The largest absolute Gasteiger partial charge is 0.490 e. The highest BCUT2D eigenvalue weighted by Gasteiger charge is 2.26. The van der Waals surface area contributed by atoms with Gasteiger partial charge in [-0.25, -0.2) is 0 Å². The van der Waals surface area contributed by atoms with Crippen molar-refractivity contribution in [2.24, 2.45) is 0 Å². The molecule has 1 aliphatic rings. The molecule has 0 radical (unpaired) electrons. The minimum atomic E-state index is -0.388. The number of hydrogen-bond donors (Lipinski definition) is 1. The van der Waals surface area contributed by atoms with Crippen LogP contribution in [0.3, 0.4) is 0 Å². The van der Waals surface area contributed by atoms with Crippen molar-refractivity contribution in [3.63, 3.8) is 0 Å². The summed E-state index contributed by atoms with van der Waals surface area (Å²) in [5.41, 5.74) is 2.47. The zero-order valence-corrected chi connectivity index (χ0v) is 12.4. The standard InChI is InChI=1S/C19H15NO3/c1-2-11-23-14-9-7-13(8-10-14)12-17-15-5-3-4-6-16(15)18(21)20-19(17)22/h2-10,12H,1,11H2,(H,20,21,22). The van der Waals surface area contributed by atoms with Crippen LogP contribution in [0.2, 0.25) is 0 Å². The average molecular weight is 305 g/mol. The molecule has 2 aromatic carbocycles. The molecule has 0 aliphatic carbocycles. The summed E-state index contributed by atoms with van der Waals surface area (Å²) in [6.07, 6.45) is 3.44. The lowest BCUT2D eigenvalue weighted by Crippen LogP contribution is -2.36. The molecular formula is C19H15NO3. The monoisotopic (exact) mass is 305 g/mol. The van der Waals surface area contributed by atoms with Crippen molar-refractivity contribution in [3.8, 4) is 5.75 Å². The maximum absolute atomic E-state index is 12.1. The Bertz CT molecular complexity index is 804. The number of hydrogen-bond acceptors (Lipinski definition) is 3. The van der Waals surface area contributed by atoms with E-state index in [-0.39, 0.29) is 11.8 Å². The van der Waals surface area contributed by atoms with E-state index in [0.29, 0.717) is 23.3 Å². The molecule has 1 heterocycles. The van der Waals surface area contributed by atoms with E-state index in [1.807, 2.05) is 30.3 Å². The van der Waals surface area contributed by atoms with Crippen LogP contribution < -0.4 is 10.1 Å². The highest BCUT2D eigenvalue weighted by molar-refractivity contribution is 6.33. The van der Waals surface area contributed by atoms with Gasteiger partial charge >= 0.3 is 0 Å². The molecule has 1 N–H and O–H groups in total. The molecule has 4 heteroatoms. The van der Waals surface area contributed by atoms with E-state index >= 15 is 0 Å². The SMILES string of the molecule is C=CCOc1ccc(C=C2C(=O)NC(=O)c3ccccc32)cc1. The zero-order valence-electron chi connectivity index (χ0n) is 12.4. The summed E-state index contributed by atoms with van der Waals surface area (Å²) in [7, 11) is 0. The van der Waals surface area contributed by atoms with Crippen LogP contribution in [0.5, 0.6) is 5.75 Å². The maximum Gasteiger partial charge on any atom is 0.258 e. The summed E-state index contributed by atoms with van der Waals surface area (Å²) >= 11 is 0. The lowest BCUT2D eigenvalue weighted by molar-refractivity contribution is -0.114. The van der Waals surface area contributed by atoms with Crippen molar-refractivity contribution in [1.29, 1.82) is 0 Å². The van der Waals surface area contributed by atoms with Gasteiger partial charge in [0.25, 0.3) is 11.8 Å². The molecule has 0 atom stereocenters. The first kappa shape index (κ1) is 14.8. The van der Waals surface area contributed by atoms with E-state index in [2.05, 4.69) is 11.9 Å². The van der Waals surface area contributed by atoms with E-state index in [0.717, 1.165) is 11.3 Å². The predicted molar refractivity (Wildman–Crippen MR) is 88.9 cm³/mol. The van der Waals surface area contributed by atoms with Gasteiger partial charge in [-0.1, -0.05) is 43.0 Å². The second kappa shape index (κ2) is 6.32. The normalized spacial score (nSPS) is 15.0. The van der Waals surface area contributed by atoms with Gasteiger partial charge < -0.3 is 4.74 Å². The van der Waals surface area contributed by atoms with Gasteiger partial charge in [0.05, 0.1) is 0 Å². The number of nitrogens with one attached hydrogen (secondary N) is 1. The molecule has 0 unspecified atom stereocenters. The van der Waals surface area contributed by atoms with E-state index in [9.17, 15) is 9.59 Å². The number of imide groups is 1. The molecule has 0 saturated heterocycles. The number of benzene rings is 2. The van der Waals surface area contributed by atoms with Crippen LogP contribution in [0, 0.1) is 0 Å². The third kappa shape index (κ3) is 3.06.